The van der Waals surface area contributed by atoms with Crippen LogP contribution in [0.2, 0.25) is 0 Å². The first-order valence-electron chi connectivity index (χ1n) is 11.7. The number of carboxylic acids is 1. The van der Waals surface area contributed by atoms with Gasteiger partial charge in [-0.3, -0.25) is 4.79 Å². The van der Waals surface area contributed by atoms with E-state index in [0.717, 1.165) is 61.2 Å². The van der Waals surface area contributed by atoms with E-state index < -0.39 is 11.6 Å². The third-order valence-electron chi connectivity index (χ3n) is 7.58. The number of aliphatic carboxylic acids is 1. The van der Waals surface area contributed by atoms with Crippen molar-refractivity contribution in [1.29, 1.82) is 0 Å². The Morgan fingerprint density at radius 1 is 0.971 bits per heavy atom. The summed E-state index contributed by atoms with van der Waals surface area (Å²) in [6.07, 6.45) is 5.98. The summed E-state index contributed by atoms with van der Waals surface area (Å²) in [5, 5.41) is 20.6. The van der Waals surface area contributed by atoms with Crippen molar-refractivity contribution in [2.45, 2.75) is 61.9 Å². The average Bonchev–Trinajstić information content (AvgIpc) is 3.59. The zero-order chi connectivity index (χ0) is 22.5. The fraction of sp³-hybridized carbons (Fsp3) is 0.423. The van der Waals surface area contributed by atoms with Gasteiger partial charge in [-0.25, -0.2) is 0 Å². The van der Waals surface area contributed by atoms with Crippen LogP contribution in [0.5, 0.6) is 0 Å². The van der Waals surface area contributed by atoms with Crippen LogP contribution in [0.3, 0.4) is 0 Å². The SMILES string of the molecule is O=C(O)CC12CCC(c3ccc(-c4ccc(Nc5nnc(C6CC6)o5)cc4)cc3)(CC1)CO2.[NaH]. The monoisotopic (exact) mass is 469 g/mol. The Morgan fingerprint density at radius 3 is 2.18 bits per heavy atom. The maximum atomic E-state index is 11.2. The molecule has 7 rings (SSSR count). The fourth-order valence-corrected chi connectivity index (χ4v) is 5.31. The minimum atomic E-state index is -0.768. The fourth-order valence-electron chi connectivity index (χ4n) is 5.31. The van der Waals surface area contributed by atoms with Crippen molar-refractivity contribution < 1.29 is 19.1 Å². The number of hydrogen-bond acceptors (Lipinski definition) is 6. The Morgan fingerprint density at radius 2 is 1.62 bits per heavy atom. The van der Waals surface area contributed by atoms with E-state index in [4.69, 9.17) is 9.15 Å². The first-order chi connectivity index (χ1) is 16.0. The van der Waals surface area contributed by atoms with Gasteiger partial charge in [0, 0.05) is 17.0 Å². The van der Waals surface area contributed by atoms with Gasteiger partial charge in [0.25, 0.3) is 0 Å². The Hall–Kier alpha value is -2.19. The third-order valence-corrected chi connectivity index (χ3v) is 7.58. The van der Waals surface area contributed by atoms with Crippen molar-refractivity contribution in [1.82, 2.24) is 10.2 Å². The number of nitrogens with zero attached hydrogens (tertiary/aromatic N) is 2. The number of carbonyl (C=O) groups is 1. The molecule has 0 spiro atoms. The Balaban J connectivity index is 0.00000241. The minimum absolute atomic E-state index is 0. The van der Waals surface area contributed by atoms with E-state index in [9.17, 15) is 9.90 Å². The summed E-state index contributed by atoms with van der Waals surface area (Å²) in [7, 11) is 0. The van der Waals surface area contributed by atoms with Gasteiger partial charge >= 0.3 is 41.5 Å². The second kappa shape index (κ2) is 9.11. The van der Waals surface area contributed by atoms with Gasteiger partial charge in [-0.15, -0.1) is 5.10 Å². The van der Waals surface area contributed by atoms with Gasteiger partial charge in [-0.05, 0) is 67.3 Å². The molecule has 4 aliphatic rings. The number of rotatable bonds is 7. The van der Waals surface area contributed by atoms with Crippen LogP contribution in [-0.2, 0) is 14.9 Å². The van der Waals surface area contributed by atoms with E-state index in [2.05, 4.69) is 51.9 Å². The zero-order valence-electron chi connectivity index (χ0n) is 18.4. The molecule has 2 saturated heterocycles. The van der Waals surface area contributed by atoms with Gasteiger partial charge in [-0.1, -0.05) is 41.5 Å². The Bertz CT molecular complexity index is 1150. The van der Waals surface area contributed by atoms with E-state index in [-0.39, 0.29) is 41.4 Å². The van der Waals surface area contributed by atoms with Crippen molar-refractivity contribution in [2.75, 3.05) is 11.9 Å². The summed E-state index contributed by atoms with van der Waals surface area (Å²) < 4.78 is 11.8. The first-order valence-corrected chi connectivity index (χ1v) is 11.7. The molecule has 2 aromatic carbocycles. The third kappa shape index (κ3) is 4.54. The van der Waals surface area contributed by atoms with E-state index in [1.54, 1.807) is 0 Å². The van der Waals surface area contributed by atoms with Crippen molar-refractivity contribution in [3.63, 3.8) is 0 Å². The summed E-state index contributed by atoms with van der Waals surface area (Å²) >= 11 is 0. The molecule has 2 aliphatic heterocycles. The van der Waals surface area contributed by atoms with Crippen LogP contribution < -0.4 is 5.32 Å². The van der Waals surface area contributed by atoms with E-state index in [0.29, 0.717) is 18.5 Å². The maximum absolute atomic E-state index is 11.2. The van der Waals surface area contributed by atoms with Gasteiger partial charge in [0.15, 0.2) is 0 Å². The predicted octanol–water partition coefficient (Wildman–Crippen LogP) is 4.76. The Labute approximate surface area is 220 Å². The summed E-state index contributed by atoms with van der Waals surface area (Å²) in [5.74, 6) is 0.400. The number of benzene rings is 2. The van der Waals surface area contributed by atoms with E-state index >= 15 is 0 Å². The predicted molar refractivity (Wildman–Crippen MR) is 130 cm³/mol. The van der Waals surface area contributed by atoms with Crippen LogP contribution in [0.15, 0.2) is 52.9 Å². The molecule has 2 bridgehead atoms. The molecule has 2 saturated carbocycles. The topological polar surface area (TPSA) is 97.5 Å². The average molecular weight is 470 g/mol. The van der Waals surface area contributed by atoms with Crippen molar-refractivity contribution in [3.05, 3.63) is 60.0 Å². The number of ether oxygens (including phenoxy) is 1. The number of hydrogen-bond donors (Lipinski definition) is 2. The summed E-state index contributed by atoms with van der Waals surface area (Å²) in [5.41, 5.74) is 4.05. The van der Waals surface area contributed by atoms with Crippen LogP contribution in [0.1, 0.15) is 62.3 Å². The van der Waals surface area contributed by atoms with Gasteiger partial charge in [0.2, 0.25) is 5.89 Å². The normalized spacial score (nSPS) is 25.5. The van der Waals surface area contributed by atoms with Crippen molar-refractivity contribution >= 4 is 47.2 Å². The van der Waals surface area contributed by atoms with Crippen LogP contribution in [-0.4, -0.2) is 63.0 Å². The number of carboxylic acid groups (broad SMARTS) is 1. The second-order valence-corrected chi connectivity index (χ2v) is 9.82. The molecule has 3 aromatic rings. The standard InChI is InChI=1S/C26H27N3O4.Na.H/c30-22(31)15-26-13-11-25(12-14-26,16-32-26)20-7-3-17(4-8-20)18-5-9-21(10-6-18)27-24-29-28-23(33-24)19-1-2-19;;/h3-10,19H,1-2,11-16H2,(H,27,29)(H,30,31);;. The molecule has 2 N–H and O–H groups in total. The van der Waals surface area contributed by atoms with Gasteiger partial charge in [0.05, 0.1) is 18.6 Å². The molecule has 0 amide bonds. The number of anilines is 2. The van der Waals surface area contributed by atoms with Gasteiger partial charge in [-0.2, -0.15) is 0 Å². The molecule has 172 valence electrons. The summed E-state index contributed by atoms with van der Waals surface area (Å²) in [6.45, 7) is 0.609. The number of aromatic nitrogens is 2. The van der Waals surface area contributed by atoms with E-state index in [1.165, 1.54) is 5.56 Å². The van der Waals surface area contributed by atoms with Crippen LogP contribution in [0.4, 0.5) is 11.7 Å². The molecule has 8 heteroatoms. The molecule has 7 nitrogen and oxygen atoms in total. The number of fused-ring (bicyclic) bond motifs is 3. The molecule has 0 radical (unpaired) electrons. The molecule has 2 aliphatic carbocycles. The van der Waals surface area contributed by atoms with Gasteiger partial charge < -0.3 is 19.6 Å². The van der Waals surface area contributed by atoms with Gasteiger partial charge in [0.1, 0.15) is 0 Å². The van der Waals surface area contributed by atoms with Crippen molar-refractivity contribution in [3.8, 4) is 11.1 Å². The molecule has 0 atom stereocenters. The summed E-state index contributed by atoms with van der Waals surface area (Å²) in [4.78, 5) is 11.2. The van der Waals surface area contributed by atoms with Crippen LogP contribution in [0.25, 0.3) is 11.1 Å². The molecule has 34 heavy (non-hydrogen) atoms. The van der Waals surface area contributed by atoms with E-state index in [1.807, 2.05) is 12.1 Å². The quantitative estimate of drug-likeness (QED) is 0.481. The second-order valence-electron chi connectivity index (χ2n) is 9.82. The molecule has 4 fully saturated rings. The molecule has 1 aromatic heterocycles. The van der Waals surface area contributed by atoms with Crippen LogP contribution in [0, 0.1) is 0 Å². The first kappa shape index (κ1) is 23.5. The molecule has 3 heterocycles. The Kier molecular flexibility index (Phi) is 6.31. The van der Waals surface area contributed by atoms with Crippen LogP contribution >= 0.6 is 0 Å². The number of nitrogens with one attached hydrogen (secondary N) is 1. The molecule has 0 unspecified atom stereocenters. The zero-order valence-corrected chi connectivity index (χ0v) is 18.4. The summed E-state index contributed by atoms with van der Waals surface area (Å²) in [6, 6.07) is 17.4. The van der Waals surface area contributed by atoms with Crippen molar-refractivity contribution in [2.24, 2.45) is 0 Å². The molecular formula is C26H28N3NaO4. The molecular weight excluding hydrogens is 441 g/mol.